The molecule has 0 aliphatic carbocycles. The predicted octanol–water partition coefficient (Wildman–Crippen LogP) is 11.8. The van der Waals surface area contributed by atoms with E-state index in [4.69, 9.17) is 4.98 Å². The van der Waals surface area contributed by atoms with E-state index in [-0.39, 0.29) is 32.9 Å². The van der Waals surface area contributed by atoms with Crippen LogP contribution < -0.4 is 0 Å². The molecule has 2 aromatic heterocycles. The lowest BCUT2D eigenvalue weighted by atomic mass is 9.76. The van der Waals surface area contributed by atoms with E-state index in [1.807, 2.05) is 11.8 Å². The highest BCUT2D eigenvalue weighted by Crippen LogP contribution is 2.50. The Kier molecular flexibility index (Phi) is 9.63. The second-order valence-corrected chi connectivity index (χ2v) is 20.0. The Bertz CT molecular complexity index is 1590. The van der Waals surface area contributed by atoms with Gasteiger partial charge in [-0.2, -0.15) is 0 Å². The molecule has 0 unspecified atom stereocenters. The van der Waals surface area contributed by atoms with Gasteiger partial charge in [-0.15, -0.1) is 11.8 Å². The van der Waals surface area contributed by atoms with E-state index in [0.29, 0.717) is 0 Å². The molecule has 0 saturated heterocycles. The van der Waals surface area contributed by atoms with Gasteiger partial charge in [-0.05, 0) is 118 Å². The number of benzene rings is 1. The maximum absolute atomic E-state index is 5.16. The molecule has 0 saturated carbocycles. The van der Waals surface area contributed by atoms with Gasteiger partial charge < -0.3 is 14.0 Å². The molecule has 0 bridgehead atoms. The van der Waals surface area contributed by atoms with Gasteiger partial charge in [-0.3, -0.25) is 0 Å². The first-order valence-electron chi connectivity index (χ1n) is 17.6. The molecule has 0 atom stereocenters. The van der Waals surface area contributed by atoms with Gasteiger partial charge in [0.15, 0.2) is 0 Å². The van der Waals surface area contributed by atoms with Gasteiger partial charge in [0.1, 0.15) is 5.82 Å². The molecule has 0 fully saturated rings. The van der Waals surface area contributed by atoms with Gasteiger partial charge in [0.2, 0.25) is 0 Å². The standard InChI is InChI=1S/C41H66N4S/c1-28-26-43(37(7,8)9)33(29(28)2)38(10,11)22-24-40(14,15)44-27-46-30(3)34(44)39(12,13)23-25-41(16,17)45-32-21-19-18-20-31(32)42-35(45)36(4,5)6/h18-21,26H,22-25,27H2,1-17H3. The summed E-state index contributed by atoms with van der Waals surface area (Å²) in [4.78, 5) is 9.42. The first-order chi connectivity index (χ1) is 20.8. The average molecular weight is 647 g/mol. The van der Waals surface area contributed by atoms with Crippen LogP contribution in [0.25, 0.3) is 11.0 Å². The van der Waals surface area contributed by atoms with Crippen molar-refractivity contribution >= 4 is 22.8 Å². The van der Waals surface area contributed by atoms with Crippen molar-refractivity contribution in [2.45, 2.75) is 171 Å². The van der Waals surface area contributed by atoms with E-state index in [1.165, 1.54) is 33.1 Å². The van der Waals surface area contributed by atoms with Gasteiger partial charge in [0, 0.05) is 55.4 Å². The quantitative estimate of drug-likeness (QED) is 0.219. The third-order valence-electron chi connectivity index (χ3n) is 10.8. The highest BCUT2D eigenvalue weighted by molar-refractivity contribution is 8.03. The van der Waals surface area contributed by atoms with Crippen molar-refractivity contribution in [2.24, 2.45) is 5.41 Å². The van der Waals surface area contributed by atoms with E-state index in [1.54, 1.807) is 5.70 Å². The summed E-state index contributed by atoms with van der Waals surface area (Å²) in [5, 5.41) is 0. The minimum atomic E-state index is -0.0709. The minimum absolute atomic E-state index is 0.0344. The van der Waals surface area contributed by atoms with E-state index >= 15 is 0 Å². The number of thioether (sulfide) groups is 1. The summed E-state index contributed by atoms with van der Waals surface area (Å²) in [6.45, 7) is 40.5. The Labute approximate surface area is 286 Å². The maximum atomic E-state index is 5.16. The summed E-state index contributed by atoms with van der Waals surface area (Å²) in [5.41, 5.74) is 8.38. The second kappa shape index (κ2) is 12.1. The molecular weight excluding hydrogens is 581 g/mol. The molecule has 1 aromatic carbocycles. The monoisotopic (exact) mass is 647 g/mol. The van der Waals surface area contributed by atoms with Crippen LogP contribution in [0.5, 0.6) is 0 Å². The number of rotatable bonds is 10. The van der Waals surface area contributed by atoms with E-state index in [2.05, 4.69) is 162 Å². The molecule has 5 heteroatoms. The Balaban J connectivity index is 1.58. The lowest BCUT2D eigenvalue weighted by Gasteiger charge is -2.46. The summed E-state index contributed by atoms with van der Waals surface area (Å²) in [6, 6.07) is 8.67. The number of aryl methyl sites for hydroxylation is 1. The van der Waals surface area contributed by atoms with Crippen LogP contribution >= 0.6 is 11.8 Å². The fourth-order valence-corrected chi connectivity index (χ4v) is 9.08. The fourth-order valence-electron chi connectivity index (χ4n) is 7.75. The van der Waals surface area contributed by atoms with Gasteiger partial charge in [-0.25, -0.2) is 4.98 Å². The number of imidazole rings is 1. The van der Waals surface area contributed by atoms with Crippen LogP contribution in [0.1, 0.15) is 152 Å². The molecule has 1 aliphatic rings. The van der Waals surface area contributed by atoms with Crippen LogP contribution in [-0.4, -0.2) is 30.4 Å². The van der Waals surface area contributed by atoms with Crippen molar-refractivity contribution in [3.05, 3.63) is 63.7 Å². The summed E-state index contributed by atoms with van der Waals surface area (Å²) in [7, 11) is 0. The zero-order valence-corrected chi connectivity index (χ0v) is 33.4. The van der Waals surface area contributed by atoms with Gasteiger partial charge >= 0.3 is 0 Å². The van der Waals surface area contributed by atoms with Gasteiger partial charge in [0.25, 0.3) is 0 Å². The van der Waals surface area contributed by atoms with Crippen LogP contribution in [0, 0.1) is 19.3 Å². The molecule has 256 valence electrons. The fraction of sp³-hybridized carbons (Fsp3) is 0.683. The summed E-state index contributed by atoms with van der Waals surface area (Å²) in [5.74, 6) is 2.22. The van der Waals surface area contributed by atoms with Crippen molar-refractivity contribution in [2.75, 3.05) is 5.88 Å². The zero-order chi connectivity index (χ0) is 34.8. The Morgan fingerprint density at radius 1 is 0.717 bits per heavy atom. The number of allylic oxidation sites excluding steroid dienone is 2. The molecule has 3 heterocycles. The van der Waals surface area contributed by atoms with Gasteiger partial charge in [-0.1, -0.05) is 60.6 Å². The van der Waals surface area contributed by atoms with Crippen molar-refractivity contribution in [3.63, 3.8) is 0 Å². The third kappa shape index (κ3) is 7.01. The van der Waals surface area contributed by atoms with E-state index < -0.39 is 0 Å². The lowest BCUT2D eigenvalue weighted by Crippen LogP contribution is -2.46. The molecule has 4 rings (SSSR count). The topological polar surface area (TPSA) is 26.0 Å². The highest BCUT2D eigenvalue weighted by Gasteiger charge is 2.43. The molecule has 46 heavy (non-hydrogen) atoms. The van der Waals surface area contributed by atoms with Crippen LogP contribution in [0.3, 0.4) is 0 Å². The first-order valence-corrected chi connectivity index (χ1v) is 18.6. The van der Waals surface area contributed by atoms with Crippen molar-refractivity contribution in [3.8, 4) is 0 Å². The number of aromatic nitrogens is 3. The molecule has 4 nitrogen and oxygen atoms in total. The molecule has 1 aliphatic heterocycles. The maximum Gasteiger partial charge on any atom is 0.115 e. The lowest BCUT2D eigenvalue weighted by molar-refractivity contribution is 0.125. The van der Waals surface area contributed by atoms with Crippen molar-refractivity contribution < 1.29 is 0 Å². The van der Waals surface area contributed by atoms with E-state index in [9.17, 15) is 0 Å². The molecule has 0 amide bonds. The SMILES string of the molecule is CC1=C(C(C)(C)CCC(C)(C)n2c(C(C)(C)C)nc3ccccc32)N(C(C)(C)CCC(C)(C)c2c(C)c(C)cn2C(C)(C)C)CS1. The largest absolute Gasteiger partial charge is 0.359 e. The van der Waals surface area contributed by atoms with E-state index in [0.717, 1.165) is 37.1 Å². The third-order valence-corrected chi connectivity index (χ3v) is 11.8. The minimum Gasteiger partial charge on any atom is -0.359 e. The van der Waals surface area contributed by atoms with Crippen LogP contribution in [0.2, 0.25) is 0 Å². The summed E-state index contributed by atoms with van der Waals surface area (Å²) >= 11 is 2.03. The van der Waals surface area contributed by atoms with Crippen LogP contribution in [0.4, 0.5) is 0 Å². The predicted molar refractivity (Wildman–Crippen MR) is 203 cm³/mol. The smallest absolute Gasteiger partial charge is 0.115 e. The second-order valence-electron chi connectivity index (χ2n) is 18.8. The number of para-hydroxylation sites is 2. The number of nitrogens with zero attached hydrogens (tertiary/aromatic N) is 4. The number of fused-ring (bicyclic) bond motifs is 1. The first kappa shape index (κ1) is 36.7. The van der Waals surface area contributed by atoms with Crippen LogP contribution in [-0.2, 0) is 21.9 Å². The molecule has 3 aromatic rings. The Hall–Kier alpha value is -2.14. The average Bonchev–Trinajstić information content (AvgIpc) is 3.60. The Morgan fingerprint density at radius 3 is 1.87 bits per heavy atom. The highest BCUT2D eigenvalue weighted by atomic mass is 32.2. The molecule has 0 spiro atoms. The molecular formula is C41H66N4S. The summed E-state index contributed by atoms with van der Waals surface area (Å²) < 4.78 is 5.09. The van der Waals surface area contributed by atoms with Crippen molar-refractivity contribution in [1.29, 1.82) is 0 Å². The normalized spacial score (nSPS) is 16.0. The molecule has 0 radical (unpaired) electrons. The number of hydrogen-bond acceptors (Lipinski definition) is 3. The van der Waals surface area contributed by atoms with Crippen molar-refractivity contribution in [1.82, 2.24) is 19.0 Å². The molecule has 0 N–H and O–H groups in total. The Morgan fingerprint density at radius 2 is 1.28 bits per heavy atom. The zero-order valence-electron chi connectivity index (χ0n) is 32.6. The van der Waals surface area contributed by atoms with Crippen LogP contribution in [0.15, 0.2) is 41.1 Å². The number of hydrogen-bond donors (Lipinski definition) is 0. The van der Waals surface area contributed by atoms with Gasteiger partial charge in [0.05, 0.1) is 16.9 Å². The summed E-state index contributed by atoms with van der Waals surface area (Å²) in [6.07, 6.45) is 6.85.